The molecule has 0 unspecified atom stereocenters. The van der Waals surface area contributed by atoms with Gasteiger partial charge in [0.15, 0.2) is 0 Å². The molecule has 1 amide bonds. The predicted octanol–water partition coefficient (Wildman–Crippen LogP) is 2.62. The quantitative estimate of drug-likeness (QED) is 0.710. The van der Waals surface area contributed by atoms with E-state index < -0.39 is 0 Å². The average Bonchev–Trinajstić information content (AvgIpc) is 3.43. The zero-order chi connectivity index (χ0) is 18.7. The van der Waals surface area contributed by atoms with E-state index in [2.05, 4.69) is 33.0 Å². The van der Waals surface area contributed by atoms with E-state index in [-0.39, 0.29) is 11.3 Å². The maximum atomic E-state index is 12.4. The molecule has 1 aliphatic carbocycles. The molecule has 1 aromatic heterocycles. The van der Waals surface area contributed by atoms with Crippen molar-refractivity contribution in [3.8, 4) is 0 Å². The van der Waals surface area contributed by atoms with Gasteiger partial charge in [-0.2, -0.15) is 0 Å². The number of carbonyl (C=O) groups excluding carboxylic acids is 1. The van der Waals surface area contributed by atoms with E-state index in [4.69, 9.17) is 16.3 Å². The van der Waals surface area contributed by atoms with Gasteiger partial charge in [-0.05, 0) is 53.8 Å². The largest absolute Gasteiger partial charge is 0.381 e. The molecule has 0 bridgehead atoms. The van der Waals surface area contributed by atoms with Crippen LogP contribution in [0, 0.1) is 0 Å². The molecule has 1 saturated carbocycles. The third-order valence-electron chi connectivity index (χ3n) is 5.22. The Bertz CT molecular complexity index is 787. The summed E-state index contributed by atoms with van der Waals surface area (Å²) in [5, 5.41) is 16.3. The van der Waals surface area contributed by atoms with Crippen LogP contribution in [0.25, 0.3) is 0 Å². The molecule has 1 saturated heterocycles. The molecule has 1 aliphatic heterocycles. The molecule has 144 valence electrons. The van der Waals surface area contributed by atoms with Crippen molar-refractivity contribution in [1.82, 2.24) is 25.5 Å². The number of thioether (sulfide) groups is 1. The highest BCUT2D eigenvalue weighted by Crippen LogP contribution is 2.37. The minimum Gasteiger partial charge on any atom is -0.381 e. The highest BCUT2D eigenvalue weighted by molar-refractivity contribution is 7.99. The fraction of sp³-hybridized carbons (Fsp3) is 0.556. The summed E-state index contributed by atoms with van der Waals surface area (Å²) >= 11 is 7.42. The Morgan fingerprint density at radius 3 is 2.74 bits per heavy atom. The number of nitrogens with one attached hydrogen (secondary N) is 1. The van der Waals surface area contributed by atoms with Crippen LogP contribution < -0.4 is 5.32 Å². The van der Waals surface area contributed by atoms with Crippen LogP contribution in [0.1, 0.15) is 37.3 Å². The van der Waals surface area contributed by atoms with Gasteiger partial charge in [-0.3, -0.25) is 4.79 Å². The number of ether oxygens (including phenoxy) is 1. The number of nitrogens with zero attached hydrogens (tertiary/aromatic N) is 4. The summed E-state index contributed by atoms with van der Waals surface area (Å²) in [6, 6.07) is 8.32. The SMILES string of the molecule is O=C(CSc1nnnn1C1CC1)NCC1(c2ccc(Cl)cc2)CCOCC1. The van der Waals surface area contributed by atoms with Crippen molar-refractivity contribution in [2.75, 3.05) is 25.5 Å². The van der Waals surface area contributed by atoms with Gasteiger partial charge < -0.3 is 10.1 Å². The minimum absolute atomic E-state index is 0.00910. The highest BCUT2D eigenvalue weighted by Gasteiger charge is 2.35. The lowest BCUT2D eigenvalue weighted by Gasteiger charge is -2.38. The summed E-state index contributed by atoms with van der Waals surface area (Å²) in [6.07, 6.45) is 3.97. The Kier molecular flexibility index (Phi) is 5.66. The monoisotopic (exact) mass is 407 g/mol. The predicted molar refractivity (Wildman–Crippen MR) is 103 cm³/mol. The topological polar surface area (TPSA) is 81.9 Å². The Hall–Kier alpha value is -1.64. The number of aromatic nitrogens is 4. The summed E-state index contributed by atoms with van der Waals surface area (Å²) < 4.78 is 7.37. The second-order valence-electron chi connectivity index (χ2n) is 7.10. The second-order valence-corrected chi connectivity index (χ2v) is 8.48. The molecule has 4 rings (SSSR count). The van der Waals surface area contributed by atoms with Gasteiger partial charge in [-0.1, -0.05) is 35.5 Å². The molecule has 0 atom stereocenters. The zero-order valence-electron chi connectivity index (χ0n) is 14.9. The van der Waals surface area contributed by atoms with Crippen LogP contribution in [0.2, 0.25) is 5.02 Å². The van der Waals surface area contributed by atoms with Crippen molar-refractivity contribution in [2.45, 2.75) is 42.3 Å². The third kappa shape index (κ3) is 4.44. The van der Waals surface area contributed by atoms with Crippen LogP contribution in [-0.2, 0) is 14.9 Å². The zero-order valence-corrected chi connectivity index (χ0v) is 16.5. The molecule has 2 fully saturated rings. The van der Waals surface area contributed by atoms with Gasteiger partial charge in [0.05, 0.1) is 11.8 Å². The average molecular weight is 408 g/mol. The number of hydrogen-bond acceptors (Lipinski definition) is 6. The molecule has 1 aromatic carbocycles. The maximum Gasteiger partial charge on any atom is 0.230 e. The number of tetrazole rings is 1. The molecule has 7 nitrogen and oxygen atoms in total. The van der Waals surface area contributed by atoms with Crippen LogP contribution >= 0.6 is 23.4 Å². The summed E-state index contributed by atoms with van der Waals surface area (Å²) in [6.45, 7) is 1.98. The Morgan fingerprint density at radius 2 is 2.04 bits per heavy atom. The van der Waals surface area contributed by atoms with Gasteiger partial charge in [0.2, 0.25) is 11.1 Å². The first-order valence-electron chi connectivity index (χ1n) is 9.17. The Morgan fingerprint density at radius 1 is 1.30 bits per heavy atom. The van der Waals surface area contributed by atoms with E-state index in [1.807, 2.05) is 16.8 Å². The molecule has 2 aliphatic rings. The van der Waals surface area contributed by atoms with Crippen LogP contribution in [0.5, 0.6) is 0 Å². The van der Waals surface area contributed by atoms with Gasteiger partial charge in [0.25, 0.3) is 0 Å². The molecule has 1 N–H and O–H groups in total. The molecule has 9 heteroatoms. The molecule has 0 spiro atoms. The number of hydrogen-bond donors (Lipinski definition) is 1. The van der Waals surface area contributed by atoms with Gasteiger partial charge in [-0.15, -0.1) is 5.10 Å². The van der Waals surface area contributed by atoms with Crippen molar-refractivity contribution >= 4 is 29.3 Å². The molecule has 27 heavy (non-hydrogen) atoms. The first kappa shape index (κ1) is 18.7. The first-order valence-corrected chi connectivity index (χ1v) is 10.5. The van der Waals surface area contributed by atoms with Crippen molar-refractivity contribution in [2.24, 2.45) is 0 Å². The lowest BCUT2D eigenvalue weighted by Crippen LogP contribution is -2.45. The fourth-order valence-corrected chi connectivity index (χ4v) is 4.31. The van der Waals surface area contributed by atoms with Crippen molar-refractivity contribution in [3.05, 3.63) is 34.9 Å². The molecule has 2 heterocycles. The van der Waals surface area contributed by atoms with Crippen molar-refractivity contribution in [1.29, 1.82) is 0 Å². The molecular weight excluding hydrogens is 386 g/mol. The summed E-state index contributed by atoms with van der Waals surface area (Å²) in [5.41, 5.74) is 1.08. The van der Waals surface area contributed by atoms with Gasteiger partial charge in [-0.25, -0.2) is 4.68 Å². The third-order valence-corrected chi connectivity index (χ3v) is 6.40. The molecular formula is C18H22ClN5O2S. The van der Waals surface area contributed by atoms with Crippen LogP contribution in [0.4, 0.5) is 0 Å². The summed E-state index contributed by atoms with van der Waals surface area (Å²) in [5.74, 6) is 0.297. The van der Waals surface area contributed by atoms with Gasteiger partial charge in [0.1, 0.15) is 0 Å². The van der Waals surface area contributed by atoms with E-state index in [9.17, 15) is 4.79 Å². The smallest absolute Gasteiger partial charge is 0.230 e. The van der Waals surface area contributed by atoms with Gasteiger partial charge >= 0.3 is 0 Å². The number of rotatable bonds is 7. The van der Waals surface area contributed by atoms with Crippen LogP contribution in [0.3, 0.4) is 0 Å². The number of benzene rings is 1. The Labute approximate surface area is 167 Å². The number of carbonyl (C=O) groups is 1. The Balaban J connectivity index is 1.36. The maximum absolute atomic E-state index is 12.4. The fourth-order valence-electron chi connectivity index (χ4n) is 3.41. The van der Waals surface area contributed by atoms with E-state index in [0.717, 1.165) is 30.7 Å². The lowest BCUT2D eigenvalue weighted by atomic mass is 9.74. The van der Waals surface area contributed by atoms with E-state index in [1.165, 1.54) is 17.3 Å². The normalized spacial score (nSPS) is 19.0. The summed E-state index contributed by atoms with van der Waals surface area (Å²) in [4.78, 5) is 12.4. The number of amides is 1. The van der Waals surface area contributed by atoms with Crippen molar-refractivity contribution < 1.29 is 9.53 Å². The van der Waals surface area contributed by atoms with Gasteiger partial charge in [0, 0.05) is 30.2 Å². The van der Waals surface area contributed by atoms with Crippen molar-refractivity contribution in [3.63, 3.8) is 0 Å². The van der Waals surface area contributed by atoms with Crippen LogP contribution in [0.15, 0.2) is 29.4 Å². The minimum atomic E-state index is -0.112. The molecule has 2 aromatic rings. The van der Waals surface area contributed by atoms with E-state index >= 15 is 0 Å². The summed E-state index contributed by atoms with van der Waals surface area (Å²) in [7, 11) is 0. The first-order chi connectivity index (χ1) is 13.2. The molecule has 0 radical (unpaired) electrons. The standard InChI is InChI=1S/C18H22ClN5O2S/c19-14-3-1-13(2-4-14)18(7-9-26-10-8-18)12-20-16(25)11-27-17-21-22-23-24(17)15-5-6-15/h1-4,15H,5-12H2,(H,20,25). The van der Waals surface area contributed by atoms with Crippen LogP contribution in [-0.4, -0.2) is 51.6 Å². The second kappa shape index (κ2) is 8.16. The lowest BCUT2D eigenvalue weighted by molar-refractivity contribution is -0.119. The van der Waals surface area contributed by atoms with E-state index in [0.29, 0.717) is 36.7 Å². The highest BCUT2D eigenvalue weighted by atomic mass is 35.5. The number of halogens is 1. The van der Waals surface area contributed by atoms with E-state index in [1.54, 1.807) is 0 Å².